The van der Waals surface area contributed by atoms with E-state index in [1.54, 1.807) is 6.08 Å². The first-order valence-electron chi connectivity index (χ1n) is 8.79. The van der Waals surface area contributed by atoms with Gasteiger partial charge in [-0.05, 0) is 54.6 Å². The second-order valence-electron chi connectivity index (χ2n) is 6.70. The number of hydrogen-bond acceptors (Lipinski definition) is 3. The summed E-state index contributed by atoms with van der Waals surface area (Å²) >= 11 is 0. The lowest BCUT2D eigenvalue weighted by molar-refractivity contribution is -0.115. The summed E-state index contributed by atoms with van der Waals surface area (Å²) in [5, 5.41) is 9.00. The minimum absolute atomic E-state index is 0.0600. The number of hydrogen-bond donors (Lipinski definition) is 1. The molecule has 1 amide bonds. The molecule has 0 atom stereocenters. The average Bonchev–Trinajstić information content (AvgIpc) is 2.99. The second-order valence-corrected chi connectivity index (χ2v) is 6.70. The first kappa shape index (κ1) is 17.0. The lowest BCUT2D eigenvalue weighted by Gasteiger charge is -2.12. The lowest BCUT2D eigenvalue weighted by Crippen LogP contribution is -2.36. The number of ketones is 1. The zero-order valence-electron chi connectivity index (χ0n) is 15.2. The van der Waals surface area contributed by atoms with Gasteiger partial charge in [-0.3, -0.25) is 9.59 Å². The minimum atomic E-state index is -0.255. The molecule has 1 aliphatic rings. The van der Waals surface area contributed by atoms with Crippen molar-refractivity contribution in [2.75, 3.05) is 5.32 Å². The predicted octanol–water partition coefficient (Wildman–Crippen LogP) is 2.03. The molecule has 0 unspecified atom stereocenters. The summed E-state index contributed by atoms with van der Waals surface area (Å²) < 4.78 is 1.84. The van der Waals surface area contributed by atoms with E-state index in [9.17, 15) is 9.59 Å². The molecular formula is C22H19N3O2. The Labute approximate surface area is 156 Å². The number of benzene rings is 2. The van der Waals surface area contributed by atoms with Crippen molar-refractivity contribution in [1.82, 2.24) is 9.78 Å². The van der Waals surface area contributed by atoms with Gasteiger partial charge in [0, 0.05) is 23.4 Å². The quantitative estimate of drug-likeness (QED) is 0.780. The van der Waals surface area contributed by atoms with Crippen LogP contribution in [-0.4, -0.2) is 21.5 Å². The van der Waals surface area contributed by atoms with Gasteiger partial charge in [-0.25, -0.2) is 4.68 Å². The van der Waals surface area contributed by atoms with Crippen LogP contribution < -0.4 is 15.8 Å². The molecule has 27 heavy (non-hydrogen) atoms. The van der Waals surface area contributed by atoms with E-state index in [0.29, 0.717) is 11.3 Å². The highest BCUT2D eigenvalue weighted by Gasteiger charge is 2.18. The van der Waals surface area contributed by atoms with Crippen molar-refractivity contribution in [1.29, 1.82) is 0 Å². The van der Waals surface area contributed by atoms with Crippen LogP contribution in [0.15, 0.2) is 54.6 Å². The number of aryl methyl sites for hydroxylation is 2. The van der Waals surface area contributed by atoms with Crippen molar-refractivity contribution in [3.8, 4) is 5.69 Å². The molecule has 0 fully saturated rings. The van der Waals surface area contributed by atoms with E-state index < -0.39 is 0 Å². The van der Waals surface area contributed by atoms with Crippen LogP contribution in [0.4, 0.5) is 5.69 Å². The smallest absolute Gasteiger partial charge is 0.252 e. The fourth-order valence-corrected chi connectivity index (χ4v) is 3.41. The molecule has 1 N–H and O–H groups in total. The predicted molar refractivity (Wildman–Crippen MR) is 105 cm³/mol. The monoisotopic (exact) mass is 357 g/mol. The maximum absolute atomic E-state index is 12.9. The Morgan fingerprint density at radius 3 is 2.67 bits per heavy atom. The third-order valence-electron chi connectivity index (χ3n) is 4.59. The van der Waals surface area contributed by atoms with Crippen molar-refractivity contribution in [2.24, 2.45) is 0 Å². The van der Waals surface area contributed by atoms with Gasteiger partial charge in [0.05, 0.1) is 11.4 Å². The van der Waals surface area contributed by atoms with E-state index in [-0.39, 0.29) is 18.1 Å². The molecule has 5 heteroatoms. The largest absolute Gasteiger partial charge is 0.322 e. The molecule has 1 heterocycles. The SMILES string of the molecule is Cc1cc(C)n(-c2cccc(NC(=O)C3=c4ccccc4=CC(=O)C3)c2)n1. The number of rotatable bonds is 3. The molecule has 0 saturated carbocycles. The van der Waals surface area contributed by atoms with Crippen LogP contribution in [-0.2, 0) is 9.59 Å². The van der Waals surface area contributed by atoms with E-state index in [4.69, 9.17) is 0 Å². The maximum atomic E-state index is 12.9. The molecule has 4 rings (SSSR count). The van der Waals surface area contributed by atoms with Crippen LogP contribution >= 0.6 is 0 Å². The Kier molecular flexibility index (Phi) is 4.20. The molecule has 134 valence electrons. The first-order chi connectivity index (χ1) is 13.0. The Morgan fingerprint density at radius 1 is 1.07 bits per heavy atom. The summed E-state index contributed by atoms with van der Waals surface area (Å²) in [4.78, 5) is 24.9. The summed E-state index contributed by atoms with van der Waals surface area (Å²) in [6, 6.07) is 17.0. The summed E-state index contributed by atoms with van der Waals surface area (Å²) in [5.41, 5.74) is 3.99. The number of carbonyl (C=O) groups is 2. The summed E-state index contributed by atoms with van der Waals surface area (Å²) in [5.74, 6) is -0.315. The van der Waals surface area contributed by atoms with Gasteiger partial charge in [0.25, 0.3) is 5.91 Å². The number of nitrogens with one attached hydrogen (secondary N) is 1. The fourth-order valence-electron chi connectivity index (χ4n) is 3.41. The lowest BCUT2D eigenvalue weighted by atomic mass is 9.98. The topological polar surface area (TPSA) is 64.0 Å². The number of aromatic nitrogens is 2. The number of amides is 1. The molecule has 0 saturated heterocycles. The number of carbonyl (C=O) groups excluding carboxylic acids is 2. The van der Waals surface area contributed by atoms with Crippen LogP contribution in [0.25, 0.3) is 17.3 Å². The standard InChI is InChI=1S/C22H19N3O2/c1-14-10-15(2)25(24-14)18-8-5-7-17(12-18)23-22(27)21-13-19(26)11-16-6-3-4-9-20(16)21/h3-12H,13H2,1-2H3,(H,23,27). The molecule has 3 aromatic rings. The number of fused-ring (bicyclic) bond motifs is 1. The van der Waals surface area contributed by atoms with Crippen molar-refractivity contribution < 1.29 is 9.59 Å². The van der Waals surface area contributed by atoms with E-state index >= 15 is 0 Å². The van der Waals surface area contributed by atoms with Crippen LogP contribution in [0.1, 0.15) is 17.8 Å². The Morgan fingerprint density at radius 2 is 1.89 bits per heavy atom. The van der Waals surface area contributed by atoms with Gasteiger partial charge in [-0.2, -0.15) is 5.10 Å². The average molecular weight is 357 g/mol. The van der Waals surface area contributed by atoms with E-state index in [2.05, 4.69) is 10.4 Å². The second kappa shape index (κ2) is 6.68. The van der Waals surface area contributed by atoms with Gasteiger partial charge >= 0.3 is 0 Å². The molecule has 1 aromatic heterocycles. The van der Waals surface area contributed by atoms with Crippen LogP contribution in [0.5, 0.6) is 0 Å². The Balaban J connectivity index is 1.69. The van der Waals surface area contributed by atoms with Crippen molar-refractivity contribution >= 4 is 29.0 Å². The third kappa shape index (κ3) is 3.31. The third-order valence-corrected chi connectivity index (χ3v) is 4.59. The fraction of sp³-hybridized carbons (Fsp3) is 0.136. The van der Waals surface area contributed by atoms with Crippen LogP contribution in [0.2, 0.25) is 0 Å². The normalized spacial score (nSPS) is 13.1. The molecule has 0 radical (unpaired) electrons. The molecule has 0 aliphatic heterocycles. The van der Waals surface area contributed by atoms with E-state index in [1.165, 1.54) is 0 Å². The molecular weight excluding hydrogens is 338 g/mol. The minimum Gasteiger partial charge on any atom is -0.322 e. The summed E-state index contributed by atoms with van der Waals surface area (Å²) in [7, 11) is 0. The number of nitrogens with zero attached hydrogens (tertiary/aromatic N) is 2. The highest BCUT2D eigenvalue weighted by Crippen LogP contribution is 2.18. The van der Waals surface area contributed by atoms with Crippen molar-refractivity contribution in [3.05, 3.63) is 76.4 Å². The van der Waals surface area contributed by atoms with Crippen molar-refractivity contribution in [3.63, 3.8) is 0 Å². The van der Waals surface area contributed by atoms with Gasteiger partial charge in [0.2, 0.25) is 0 Å². The van der Waals surface area contributed by atoms with Gasteiger partial charge in [-0.15, -0.1) is 0 Å². The summed E-state index contributed by atoms with van der Waals surface area (Å²) in [6.07, 6.45) is 1.70. The molecule has 0 spiro atoms. The maximum Gasteiger partial charge on any atom is 0.252 e. The molecule has 1 aliphatic carbocycles. The Hall–Kier alpha value is -3.47. The molecule has 0 bridgehead atoms. The van der Waals surface area contributed by atoms with Gasteiger partial charge in [0.1, 0.15) is 0 Å². The first-order valence-corrected chi connectivity index (χ1v) is 8.79. The zero-order chi connectivity index (χ0) is 19.0. The highest BCUT2D eigenvalue weighted by molar-refractivity contribution is 6.27. The van der Waals surface area contributed by atoms with E-state index in [0.717, 1.165) is 27.5 Å². The van der Waals surface area contributed by atoms with Crippen LogP contribution in [0, 0.1) is 13.8 Å². The van der Waals surface area contributed by atoms with Gasteiger partial charge < -0.3 is 5.32 Å². The van der Waals surface area contributed by atoms with Crippen LogP contribution in [0.3, 0.4) is 0 Å². The number of Topliss-reactive ketones (excluding diaryl/α,β-unsaturated/α-hetero) is 1. The van der Waals surface area contributed by atoms with Gasteiger partial charge in [0.15, 0.2) is 5.78 Å². The van der Waals surface area contributed by atoms with Crippen molar-refractivity contribution in [2.45, 2.75) is 20.3 Å². The Bertz CT molecular complexity index is 1190. The summed E-state index contributed by atoms with van der Waals surface area (Å²) in [6.45, 7) is 3.93. The zero-order valence-corrected chi connectivity index (χ0v) is 15.2. The van der Waals surface area contributed by atoms with E-state index in [1.807, 2.05) is 73.1 Å². The highest BCUT2D eigenvalue weighted by atomic mass is 16.2. The van der Waals surface area contributed by atoms with Gasteiger partial charge in [-0.1, -0.05) is 30.3 Å². The molecule has 2 aromatic carbocycles. The molecule has 5 nitrogen and oxygen atoms in total. The number of anilines is 1.